The highest BCUT2D eigenvalue weighted by molar-refractivity contribution is 5.93. The molecule has 2 fully saturated rings. The van der Waals surface area contributed by atoms with E-state index in [2.05, 4.69) is 23.7 Å². The van der Waals surface area contributed by atoms with E-state index in [1.54, 1.807) is 0 Å². The van der Waals surface area contributed by atoms with Crippen LogP contribution < -0.4 is 0 Å². The van der Waals surface area contributed by atoms with Gasteiger partial charge >= 0.3 is 0 Å². The lowest BCUT2D eigenvalue weighted by Gasteiger charge is -2.48. The molecule has 0 unspecified atom stereocenters. The molecule has 0 aromatic carbocycles. The second kappa shape index (κ2) is 4.67. The van der Waals surface area contributed by atoms with Gasteiger partial charge in [0.1, 0.15) is 5.69 Å². The lowest BCUT2D eigenvalue weighted by Crippen LogP contribution is -2.59. The van der Waals surface area contributed by atoms with Crippen LogP contribution in [0, 0.1) is 11.3 Å². The Kier molecular flexibility index (Phi) is 3.13. The molecule has 0 aliphatic carbocycles. The van der Waals surface area contributed by atoms with Crippen molar-refractivity contribution in [2.45, 2.75) is 20.3 Å². The molecular weight excluding hydrogens is 238 g/mol. The van der Waals surface area contributed by atoms with Crippen LogP contribution in [0.1, 0.15) is 30.8 Å². The molecule has 2 saturated heterocycles. The lowest BCUT2D eigenvalue weighted by atomic mass is 9.79. The average molecular weight is 261 g/mol. The lowest BCUT2D eigenvalue weighted by molar-refractivity contribution is 0.00986. The normalized spacial score (nSPS) is 22.2. The fourth-order valence-corrected chi connectivity index (χ4v) is 3.50. The van der Waals surface area contributed by atoms with E-state index in [9.17, 15) is 4.79 Å². The molecule has 0 saturated carbocycles. The van der Waals surface area contributed by atoms with Crippen LogP contribution in [0.25, 0.3) is 0 Å². The molecular formula is C15H23N3O. The Morgan fingerprint density at radius 2 is 2.21 bits per heavy atom. The van der Waals surface area contributed by atoms with Gasteiger partial charge in [-0.3, -0.25) is 4.79 Å². The zero-order chi connectivity index (χ0) is 13.5. The van der Waals surface area contributed by atoms with Crippen molar-refractivity contribution in [2.75, 3.05) is 32.7 Å². The monoisotopic (exact) mass is 261 g/mol. The molecule has 2 aliphatic heterocycles. The molecule has 1 spiro atoms. The van der Waals surface area contributed by atoms with Crippen molar-refractivity contribution in [2.24, 2.45) is 11.3 Å². The van der Waals surface area contributed by atoms with E-state index in [-0.39, 0.29) is 5.91 Å². The highest BCUT2D eigenvalue weighted by atomic mass is 16.2. The summed E-state index contributed by atoms with van der Waals surface area (Å²) in [4.78, 5) is 19.7. The number of nitrogens with one attached hydrogen (secondary N) is 1. The molecule has 1 aromatic heterocycles. The smallest absolute Gasteiger partial charge is 0.270 e. The number of aromatic nitrogens is 1. The van der Waals surface area contributed by atoms with E-state index in [4.69, 9.17) is 0 Å². The summed E-state index contributed by atoms with van der Waals surface area (Å²) in [6.45, 7) is 9.95. The minimum atomic E-state index is 0.151. The number of carbonyl (C=O) groups excluding carboxylic acids is 1. The van der Waals surface area contributed by atoms with Gasteiger partial charge in [-0.1, -0.05) is 13.8 Å². The molecule has 4 heteroatoms. The summed E-state index contributed by atoms with van der Waals surface area (Å²) in [5.41, 5.74) is 1.10. The first-order valence-electron chi connectivity index (χ1n) is 7.23. The Morgan fingerprint density at radius 1 is 1.42 bits per heavy atom. The summed E-state index contributed by atoms with van der Waals surface area (Å²) < 4.78 is 0. The summed E-state index contributed by atoms with van der Waals surface area (Å²) in [7, 11) is 0. The summed E-state index contributed by atoms with van der Waals surface area (Å²) in [5, 5.41) is 0. The fourth-order valence-electron chi connectivity index (χ4n) is 3.50. The van der Waals surface area contributed by atoms with Crippen molar-refractivity contribution in [3.63, 3.8) is 0 Å². The first kappa shape index (κ1) is 12.7. The maximum absolute atomic E-state index is 12.2. The van der Waals surface area contributed by atoms with Gasteiger partial charge in [0.15, 0.2) is 0 Å². The van der Waals surface area contributed by atoms with Gasteiger partial charge in [-0.05, 0) is 31.0 Å². The number of amides is 1. The average Bonchev–Trinajstić information content (AvgIpc) is 2.93. The molecule has 0 atom stereocenters. The molecule has 19 heavy (non-hydrogen) atoms. The van der Waals surface area contributed by atoms with Gasteiger partial charge in [0.25, 0.3) is 5.91 Å². The Labute approximate surface area is 114 Å². The van der Waals surface area contributed by atoms with Crippen LogP contribution in [-0.4, -0.2) is 53.4 Å². The summed E-state index contributed by atoms with van der Waals surface area (Å²) >= 11 is 0. The predicted molar refractivity (Wildman–Crippen MR) is 75.0 cm³/mol. The van der Waals surface area contributed by atoms with Gasteiger partial charge in [-0.25, -0.2) is 0 Å². The van der Waals surface area contributed by atoms with Gasteiger partial charge in [0.2, 0.25) is 0 Å². The van der Waals surface area contributed by atoms with Crippen LogP contribution in [0.15, 0.2) is 18.3 Å². The number of hydrogen-bond acceptors (Lipinski definition) is 2. The van der Waals surface area contributed by atoms with Gasteiger partial charge < -0.3 is 14.8 Å². The topological polar surface area (TPSA) is 39.3 Å². The zero-order valence-electron chi connectivity index (χ0n) is 11.9. The van der Waals surface area contributed by atoms with E-state index >= 15 is 0 Å². The Hall–Kier alpha value is -1.29. The van der Waals surface area contributed by atoms with E-state index in [1.165, 1.54) is 26.1 Å². The largest absolute Gasteiger partial charge is 0.357 e. The van der Waals surface area contributed by atoms with Crippen LogP contribution in [0.5, 0.6) is 0 Å². The number of nitrogens with zero attached hydrogens (tertiary/aromatic N) is 2. The van der Waals surface area contributed by atoms with Gasteiger partial charge in [-0.2, -0.15) is 0 Å². The van der Waals surface area contributed by atoms with E-state index in [0.29, 0.717) is 11.1 Å². The molecule has 3 rings (SSSR count). The molecule has 1 N–H and O–H groups in total. The van der Waals surface area contributed by atoms with Gasteiger partial charge in [0.05, 0.1) is 0 Å². The number of likely N-dealkylation sites (tertiary alicyclic amines) is 2. The van der Waals surface area contributed by atoms with E-state index < -0.39 is 0 Å². The molecule has 1 amide bonds. The Morgan fingerprint density at radius 3 is 2.84 bits per heavy atom. The van der Waals surface area contributed by atoms with E-state index in [1.807, 2.05) is 23.2 Å². The van der Waals surface area contributed by atoms with Crippen LogP contribution in [0.4, 0.5) is 0 Å². The predicted octanol–water partition coefficient (Wildman–Crippen LogP) is 1.82. The molecule has 0 bridgehead atoms. The van der Waals surface area contributed by atoms with Crippen LogP contribution in [0.2, 0.25) is 0 Å². The number of H-pyrrole nitrogens is 1. The van der Waals surface area contributed by atoms with Crippen molar-refractivity contribution < 1.29 is 4.79 Å². The SMILES string of the molecule is CC(C)CN1CCC2(C1)CN(C(=O)c1ccc[nH]1)C2. The third-order valence-electron chi connectivity index (χ3n) is 4.31. The summed E-state index contributed by atoms with van der Waals surface area (Å²) in [6, 6.07) is 3.73. The second-order valence-corrected chi connectivity index (χ2v) is 6.62. The first-order valence-corrected chi connectivity index (χ1v) is 7.23. The zero-order valence-corrected chi connectivity index (χ0v) is 11.9. The van der Waals surface area contributed by atoms with E-state index in [0.717, 1.165) is 19.0 Å². The van der Waals surface area contributed by atoms with Crippen LogP contribution in [0.3, 0.4) is 0 Å². The van der Waals surface area contributed by atoms with Crippen molar-refractivity contribution in [3.8, 4) is 0 Å². The Bertz CT molecular complexity index is 446. The minimum Gasteiger partial charge on any atom is -0.357 e. The quantitative estimate of drug-likeness (QED) is 0.901. The molecule has 3 heterocycles. The number of carbonyl (C=O) groups is 1. The highest BCUT2D eigenvalue weighted by Crippen LogP contribution is 2.40. The van der Waals surface area contributed by atoms with Crippen molar-refractivity contribution in [1.82, 2.24) is 14.8 Å². The summed E-state index contributed by atoms with van der Waals surface area (Å²) in [5.74, 6) is 0.879. The minimum absolute atomic E-state index is 0.151. The Balaban J connectivity index is 1.54. The van der Waals surface area contributed by atoms with Crippen LogP contribution >= 0.6 is 0 Å². The molecule has 0 radical (unpaired) electrons. The van der Waals surface area contributed by atoms with Gasteiger partial charge in [0, 0.05) is 37.8 Å². The first-order chi connectivity index (χ1) is 9.08. The number of hydrogen-bond donors (Lipinski definition) is 1. The standard InChI is InChI=1S/C15H23N3O/c1-12(2)8-17-7-5-15(9-17)10-18(11-15)14(19)13-4-3-6-16-13/h3-4,6,12,16H,5,7-11H2,1-2H3. The van der Waals surface area contributed by atoms with Crippen molar-refractivity contribution in [3.05, 3.63) is 24.0 Å². The van der Waals surface area contributed by atoms with Crippen LogP contribution in [-0.2, 0) is 0 Å². The van der Waals surface area contributed by atoms with Gasteiger partial charge in [-0.15, -0.1) is 0 Å². The molecule has 1 aromatic rings. The maximum atomic E-state index is 12.2. The van der Waals surface area contributed by atoms with Crippen molar-refractivity contribution >= 4 is 5.91 Å². The third-order valence-corrected chi connectivity index (χ3v) is 4.31. The molecule has 104 valence electrons. The molecule has 4 nitrogen and oxygen atoms in total. The number of aromatic amines is 1. The highest BCUT2D eigenvalue weighted by Gasteiger charge is 2.49. The third kappa shape index (κ3) is 2.41. The maximum Gasteiger partial charge on any atom is 0.270 e. The molecule has 2 aliphatic rings. The number of rotatable bonds is 3. The fraction of sp³-hybridized carbons (Fsp3) is 0.667. The summed E-state index contributed by atoms with van der Waals surface area (Å²) in [6.07, 6.45) is 3.05. The second-order valence-electron chi connectivity index (χ2n) is 6.62. The van der Waals surface area contributed by atoms with Crippen molar-refractivity contribution in [1.29, 1.82) is 0 Å².